The van der Waals surface area contributed by atoms with Crippen molar-refractivity contribution in [3.05, 3.63) is 21.9 Å². The van der Waals surface area contributed by atoms with E-state index in [4.69, 9.17) is 0 Å². The molecule has 1 aromatic heterocycles. The molecule has 0 amide bonds. The van der Waals surface area contributed by atoms with Gasteiger partial charge in [-0.2, -0.15) is 4.31 Å². The third-order valence-electron chi connectivity index (χ3n) is 2.72. The smallest absolute Gasteiger partial charge is 0.212 e. The monoisotopic (exact) mass is 261 g/mol. The Morgan fingerprint density at radius 1 is 1.25 bits per heavy atom. The highest BCUT2D eigenvalue weighted by molar-refractivity contribution is 7.89. The molecule has 0 N–H and O–H groups in total. The number of hydrogen-bond acceptors (Lipinski definition) is 3. The first-order valence-electron chi connectivity index (χ1n) is 5.30. The van der Waals surface area contributed by atoms with Gasteiger partial charge in [0.05, 0.1) is 11.3 Å². The lowest BCUT2D eigenvalue weighted by atomic mass is 10.3. The lowest BCUT2D eigenvalue weighted by Crippen LogP contribution is -2.34. The molecule has 0 saturated carbocycles. The molecule has 1 heterocycles. The van der Waals surface area contributed by atoms with Gasteiger partial charge in [-0.1, -0.05) is 0 Å². The first kappa shape index (κ1) is 13.7. The lowest BCUT2D eigenvalue weighted by molar-refractivity contribution is 0.398. The van der Waals surface area contributed by atoms with Crippen molar-refractivity contribution in [2.75, 3.05) is 7.05 Å². The van der Waals surface area contributed by atoms with Crippen LogP contribution in [0.3, 0.4) is 0 Å². The molecule has 0 bridgehead atoms. The molecular weight excluding hydrogens is 242 g/mol. The normalized spacial score (nSPS) is 14.7. The summed E-state index contributed by atoms with van der Waals surface area (Å²) in [5.74, 6) is 0. The van der Waals surface area contributed by atoms with Crippen LogP contribution in [-0.4, -0.2) is 25.0 Å². The van der Waals surface area contributed by atoms with Crippen molar-refractivity contribution < 1.29 is 8.42 Å². The number of aryl methyl sites for hydroxylation is 1. The van der Waals surface area contributed by atoms with E-state index in [2.05, 4.69) is 0 Å². The molecule has 1 unspecified atom stereocenters. The minimum absolute atomic E-state index is 0.0916. The van der Waals surface area contributed by atoms with Crippen LogP contribution < -0.4 is 0 Å². The molecule has 1 rings (SSSR count). The Hall–Kier alpha value is -0.390. The quantitative estimate of drug-likeness (QED) is 0.836. The molecule has 5 heteroatoms. The molecule has 92 valence electrons. The summed E-state index contributed by atoms with van der Waals surface area (Å²) in [5, 5.41) is -0.374. The van der Waals surface area contributed by atoms with E-state index in [1.54, 1.807) is 32.2 Å². The average molecular weight is 261 g/mol. The van der Waals surface area contributed by atoms with Crippen molar-refractivity contribution in [2.24, 2.45) is 0 Å². The Morgan fingerprint density at radius 2 is 1.81 bits per heavy atom. The van der Waals surface area contributed by atoms with Gasteiger partial charge in [-0.25, -0.2) is 8.42 Å². The fourth-order valence-corrected chi connectivity index (χ4v) is 3.67. The zero-order chi connectivity index (χ0) is 12.5. The summed E-state index contributed by atoms with van der Waals surface area (Å²) in [7, 11) is -1.53. The van der Waals surface area contributed by atoms with Crippen LogP contribution in [0.25, 0.3) is 0 Å². The average Bonchev–Trinajstić information content (AvgIpc) is 2.62. The zero-order valence-corrected chi connectivity index (χ0v) is 12.0. The molecule has 0 fully saturated rings. The minimum atomic E-state index is -3.18. The number of hydrogen-bond donors (Lipinski definition) is 0. The van der Waals surface area contributed by atoms with E-state index in [1.807, 2.05) is 26.0 Å². The van der Waals surface area contributed by atoms with Gasteiger partial charge in [-0.05, 0) is 39.8 Å². The molecule has 3 nitrogen and oxygen atoms in total. The topological polar surface area (TPSA) is 37.4 Å². The third kappa shape index (κ3) is 2.64. The van der Waals surface area contributed by atoms with Crippen molar-refractivity contribution in [1.29, 1.82) is 0 Å². The predicted octanol–water partition coefficient (Wildman–Crippen LogP) is 2.79. The zero-order valence-electron chi connectivity index (χ0n) is 10.4. The minimum Gasteiger partial charge on any atom is -0.212 e. The van der Waals surface area contributed by atoms with Crippen LogP contribution in [0.5, 0.6) is 0 Å². The summed E-state index contributed by atoms with van der Waals surface area (Å²) in [6, 6.07) is 3.93. The van der Waals surface area contributed by atoms with E-state index in [9.17, 15) is 8.42 Å². The van der Waals surface area contributed by atoms with Crippen LogP contribution >= 0.6 is 11.3 Å². The Morgan fingerprint density at radius 3 is 2.19 bits per heavy atom. The number of thiophene rings is 1. The fourth-order valence-electron chi connectivity index (χ4n) is 1.41. The second kappa shape index (κ2) is 4.85. The Kier molecular flexibility index (Phi) is 4.15. The van der Waals surface area contributed by atoms with Crippen molar-refractivity contribution in [3.8, 4) is 0 Å². The molecule has 1 aromatic rings. The molecule has 0 aliphatic rings. The SMILES string of the molecule is Cc1ccc(C(C)N(C)S(=O)(=O)C(C)C)s1. The molecule has 0 aliphatic heterocycles. The van der Waals surface area contributed by atoms with Crippen LogP contribution in [0.4, 0.5) is 0 Å². The van der Waals surface area contributed by atoms with Gasteiger partial charge in [0.25, 0.3) is 0 Å². The van der Waals surface area contributed by atoms with Crippen molar-refractivity contribution >= 4 is 21.4 Å². The Balaban J connectivity index is 2.95. The van der Waals surface area contributed by atoms with Gasteiger partial charge in [0, 0.05) is 16.8 Å². The van der Waals surface area contributed by atoms with E-state index in [0.717, 1.165) is 4.88 Å². The maximum absolute atomic E-state index is 12.0. The highest BCUT2D eigenvalue weighted by Crippen LogP contribution is 2.28. The maximum atomic E-state index is 12.0. The summed E-state index contributed by atoms with van der Waals surface area (Å²) >= 11 is 1.65. The van der Waals surface area contributed by atoms with Gasteiger partial charge in [0.15, 0.2) is 0 Å². The highest BCUT2D eigenvalue weighted by atomic mass is 32.2. The molecule has 0 spiro atoms. The largest absolute Gasteiger partial charge is 0.216 e. The molecule has 0 aliphatic carbocycles. The molecule has 16 heavy (non-hydrogen) atoms. The summed E-state index contributed by atoms with van der Waals surface area (Å²) in [6.07, 6.45) is 0. The fraction of sp³-hybridized carbons (Fsp3) is 0.636. The van der Waals surface area contributed by atoms with Gasteiger partial charge < -0.3 is 0 Å². The Labute approximate surface area is 102 Å². The first-order valence-corrected chi connectivity index (χ1v) is 7.62. The van der Waals surface area contributed by atoms with Crippen molar-refractivity contribution in [3.63, 3.8) is 0 Å². The van der Waals surface area contributed by atoms with Crippen LogP contribution in [0.1, 0.15) is 36.6 Å². The second-order valence-corrected chi connectivity index (χ2v) is 8.10. The van der Waals surface area contributed by atoms with E-state index < -0.39 is 10.0 Å². The Bertz CT molecular complexity index is 448. The second-order valence-electron chi connectivity index (χ2n) is 4.23. The lowest BCUT2D eigenvalue weighted by Gasteiger charge is -2.25. The van der Waals surface area contributed by atoms with E-state index in [-0.39, 0.29) is 11.3 Å². The maximum Gasteiger partial charge on any atom is 0.216 e. The predicted molar refractivity (Wildman–Crippen MR) is 69.3 cm³/mol. The summed E-state index contributed by atoms with van der Waals surface area (Å²) in [5.41, 5.74) is 0. The third-order valence-corrected chi connectivity index (χ3v) is 6.20. The van der Waals surface area contributed by atoms with E-state index in [1.165, 1.54) is 9.18 Å². The molecule has 0 saturated heterocycles. The van der Waals surface area contributed by atoms with Crippen molar-refractivity contribution in [1.82, 2.24) is 4.31 Å². The van der Waals surface area contributed by atoms with Gasteiger partial charge in [-0.15, -0.1) is 11.3 Å². The van der Waals surface area contributed by atoms with Gasteiger partial charge >= 0.3 is 0 Å². The highest BCUT2D eigenvalue weighted by Gasteiger charge is 2.27. The number of nitrogens with zero attached hydrogens (tertiary/aromatic N) is 1. The standard InChI is InChI=1S/C11H19NO2S2/c1-8(2)16(13,14)12(5)10(4)11-7-6-9(3)15-11/h6-8,10H,1-5H3. The molecule has 1 atom stereocenters. The van der Waals surface area contributed by atoms with Gasteiger partial charge in [0.2, 0.25) is 10.0 Å². The summed E-state index contributed by atoms with van der Waals surface area (Å²) < 4.78 is 25.4. The van der Waals surface area contributed by atoms with Gasteiger partial charge in [0.1, 0.15) is 0 Å². The van der Waals surface area contributed by atoms with Crippen LogP contribution in [0.15, 0.2) is 12.1 Å². The molecule has 0 aromatic carbocycles. The van der Waals surface area contributed by atoms with Crippen LogP contribution in [0.2, 0.25) is 0 Å². The van der Waals surface area contributed by atoms with Crippen LogP contribution in [-0.2, 0) is 10.0 Å². The van der Waals surface area contributed by atoms with Crippen molar-refractivity contribution in [2.45, 2.75) is 39.0 Å². The summed E-state index contributed by atoms with van der Waals surface area (Å²) in [6.45, 7) is 7.36. The van der Waals surface area contributed by atoms with E-state index in [0.29, 0.717) is 0 Å². The van der Waals surface area contributed by atoms with Gasteiger partial charge in [-0.3, -0.25) is 0 Å². The number of sulfonamides is 1. The first-order chi connectivity index (χ1) is 7.26. The van der Waals surface area contributed by atoms with E-state index >= 15 is 0 Å². The molecule has 0 radical (unpaired) electrons. The number of rotatable bonds is 4. The van der Waals surface area contributed by atoms with Crippen LogP contribution in [0, 0.1) is 6.92 Å². The molecular formula is C11H19NO2S2. The summed E-state index contributed by atoms with van der Waals surface area (Å²) in [4.78, 5) is 2.29.